The molecular weight excluding hydrogens is 183 g/mol. The molecule has 3 heteroatoms. The van der Waals surface area contributed by atoms with Gasteiger partial charge in [0.05, 0.1) is 12.7 Å². The zero-order valence-electron chi connectivity index (χ0n) is 8.56. The highest BCUT2D eigenvalue weighted by molar-refractivity contribution is 5.97. The first-order chi connectivity index (χ1) is 6.60. The largest absolute Gasteiger partial charge is 0.496 e. The molecule has 0 saturated heterocycles. The van der Waals surface area contributed by atoms with Gasteiger partial charge < -0.3 is 4.74 Å². The van der Waals surface area contributed by atoms with Crippen LogP contribution in [0.25, 0.3) is 0 Å². The van der Waals surface area contributed by atoms with E-state index in [4.69, 9.17) is 4.74 Å². The Morgan fingerprint density at radius 1 is 1.50 bits per heavy atom. The molecule has 1 aromatic carbocycles. The van der Waals surface area contributed by atoms with Crippen LogP contribution in [0.15, 0.2) is 12.1 Å². The van der Waals surface area contributed by atoms with Crippen LogP contribution in [0.3, 0.4) is 0 Å². The van der Waals surface area contributed by atoms with Gasteiger partial charge in [-0.05, 0) is 25.0 Å². The van der Waals surface area contributed by atoms with Gasteiger partial charge >= 0.3 is 0 Å². The number of rotatable bonds is 3. The molecule has 0 radical (unpaired) electrons. The van der Waals surface area contributed by atoms with Crippen molar-refractivity contribution in [2.24, 2.45) is 0 Å². The van der Waals surface area contributed by atoms with Crippen LogP contribution in [0.1, 0.15) is 29.8 Å². The number of hydrogen-bond acceptors (Lipinski definition) is 2. The van der Waals surface area contributed by atoms with Gasteiger partial charge in [0, 0.05) is 6.07 Å². The van der Waals surface area contributed by atoms with E-state index in [1.54, 1.807) is 6.07 Å². The van der Waals surface area contributed by atoms with Gasteiger partial charge in [-0.3, -0.25) is 4.79 Å². The summed E-state index contributed by atoms with van der Waals surface area (Å²) < 4.78 is 18.2. The van der Waals surface area contributed by atoms with Gasteiger partial charge in [-0.1, -0.05) is 6.92 Å². The molecule has 0 saturated carbocycles. The molecule has 0 N–H and O–H groups in total. The number of Topliss-reactive ketones (excluding diaryl/α,β-unsaturated/α-hetero) is 1. The highest BCUT2D eigenvalue weighted by Gasteiger charge is 2.12. The fourth-order valence-corrected chi connectivity index (χ4v) is 1.31. The average Bonchev–Trinajstić information content (AvgIpc) is 2.16. The number of ketones is 1. The molecule has 0 aromatic heterocycles. The molecular formula is C11H13FO2. The van der Waals surface area contributed by atoms with Crippen molar-refractivity contribution in [2.45, 2.75) is 20.3 Å². The van der Waals surface area contributed by atoms with Crippen molar-refractivity contribution in [1.82, 2.24) is 0 Å². The topological polar surface area (TPSA) is 26.3 Å². The first kappa shape index (κ1) is 10.7. The van der Waals surface area contributed by atoms with Gasteiger partial charge in [0.1, 0.15) is 11.6 Å². The lowest BCUT2D eigenvalue weighted by Gasteiger charge is -2.08. The molecule has 76 valence electrons. The van der Waals surface area contributed by atoms with Gasteiger partial charge in [0.2, 0.25) is 0 Å². The summed E-state index contributed by atoms with van der Waals surface area (Å²) in [7, 11) is 1.42. The summed E-state index contributed by atoms with van der Waals surface area (Å²) >= 11 is 0. The SMILES string of the molecule is CCc1cc(C(C)=O)c(OC)cc1F. The quantitative estimate of drug-likeness (QED) is 0.694. The Balaban J connectivity index is 3.32. The van der Waals surface area contributed by atoms with Crippen LogP contribution in [0.2, 0.25) is 0 Å². The van der Waals surface area contributed by atoms with Gasteiger partial charge in [-0.2, -0.15) is 0 Å². The van der Waals surface area contributed by atoms with Crippen LogP contribution >= 0.6 is 0 Å². The predicted molar refractivity (Wildman–Crippen MR) is 52.3 cm³/mol. The molecule has 0 spiro atoms. The average molecular weight is 196 g/mol. The minimum Gasteiger partial charge on any atom is -0.496 e. The first-order valence-electron chi connectivity index (χ1n) is 4.47. The normalized spacial score (nSPS) is 10.0. The van der Waals surface area contributed by atoms with Gasteiger partial charge in [-0.25, -0.2) is 4.39 Å². The molecule has 1 rings (SSSR count). The minimum absolute atomic E-state index is 0.114. The van der Waals surface area contributed by atoms with E-state index in [9.17, 15) is 9.18 Å². The number of benzene rings is 1. The Kier molecular flexibility index (Phi) is 3.23. The van der Waals surface area contributed by atoms with Crippen LogP contribution in [-0.4, -0.2) is 12.9 Å². The smallest absolute Gasteiger partial charge is 0.163 e. The second-order valence-corrected chi connectivity index (χ2v) is 3.05. The van der Waals surface area contributed by atoms with Crippen LogP contribution < -0.4 is 4.74 Å². The second-order valence-electron chi connectivity index (χ2n) is 3.05. The van der Waals surface area contributed by atoms with E-state index in [-0.39, 0.29) is 11.6 Å². The predicted octanol–water partition coefficient (Wildman–Crippen LogP) is 2.60. The van der Waals surface area contributed by atoms with E-state index in [1.807, 2.05) is 6.92 Å². The highest BCUT2D eigenvalue weighted by atomic mass is 19.1. The van der Waals surface area contributed by atoms with E-state index in [2.05, 4.69) is 0 Å². The number of carbonyl (C=O) groups excluding carboxylic acids is 1. The Labute approximate surface area is 82.7 Å². The molecule has 0 heterocycles. The monoisotopic (exact) mass is 196 g/mol. The summed E-state index contributed by atoms with van der Waals surface area (Å²) in [5, 5.41) is 0. The van der Waals surface area contributed by atoms with Crippen molar-refractivity contribution in [2.75, 3.05) is 7.11 Å². The van der Waals surface area contributed by atoms with E-state index < -0.39 is 0 Å². The van der Waals surface area contributed by atoms with Crippen molar-refractivity contribution in [3.05, 3.63) is 29.1 Å². The molecule has 0 atom stereocenters. The Morgan fingerprint density at radius 3 is 2.57 bits per heavy atom. The lowest BCUT2D eigenvalue weighted by atomic mass is 10.0. The van der Waals surface area contributed by atoms with Crippen molar-refractivity contribution in [3.8, 4) is 5.75 Å². The highest BCUT2D eigenvalue weighted by Crippen LogP contribution is 2.23. The first-order valence-corrected chi connectivity index (χ1v) is 4.47. The molecule has 0 unspecified atom stereocenters. The standard InChI is InChI=1S/C11H13FO2/c1-4-8-5-9(7(2)13)11(14-3)6-10(8)12/h5-6H,4H2,1-3H3. The third kappa shape index (κ3) is 1.92. The molecule has 0 fully saturated rings. The third-order valence-corrected chi connectivity index (χ3v) is 2.13. The molecule has 0 aliphatic heterocycles. The van der Waals surface area contributed by atoms with Crippen LogP contribution in [0, 0.1) is 5.82 Å². The molecule has 0 aliphatic carbocycles. The maximum absolute atomic E-state index is 13.3. The molecule has 0 aliphatic rings. The molecule has 2 nitrogen and oxygen atoms in total. The van der Waals surface area contributed by atoms with Crippen molar-refractivity contribution >= 4 is 5.78 Å². The van der Waals surface area contributed by atoms with Crippen molar-refractivity contribution < 1.29 is 13.9 Å². The molecule has 0 bridgehead atoms. The van der Waals surface area contributed by atoms with Gasteiger partial charge in [0.25, 0.3) is 0 Å². The molecule has 1 aromatic rings. The Morgan fingerprint density at radius 2 is 2.14 bits per heavy atom. The number of methoxy groups -OCH3 is 1. The van der Waals surface area contributed by atoms with E-state index >= 15 is 0 Å². The van der Waals surface area contributed by atoms with Crippen LogP contribution in [0.5, 0.6) is 5.75 Å². The number of carbonyl (C=O) groups is 1. The summed E-state index contributed by atoms with van der Waals surface area (Å²) in [6.45, 7) is 3.28. The lowest BCUT2D eigenvalue weighted by Crippen LogP contribution is -2.01. The fourth-order valence-electron chi connectivity index (χ4n) is 1.31. The van der Waals surface area contributed by atoms with E-state index in [1.165, 1.54) is 20.1 Å². The lowest BCUT2D eigenvalue weighted by molar-refractivity contribution is 0.101. The fraction of sp³-hybridized carbons (Fsp3) is 0.364. The van der Waals surface area contributed by atoms with Crippen molar-refractivity contribution in [3.63, 3.8) is 0 Å². The Hall–Kier alpha value is -1.38. The number of hydrogen-bond donors (Lipinski definition) is 0. The summed E-state index contributed by atoms with van der Waals surface area (Å²) in [5.74, 6) is -0.141. The number of aryl methyl sites for hydroxylation is 1. The summed E-state index contributed by atoms with van der Waals surface area (Å²) in [6, 6.07) is 2.81. The second kappa shape index (κ2) is 4.22. The third-order valence-electron chi connectivity index (χ3n) is 2.13. The van der Waals surface area contributed by atoms with Crippen LogP contribution in [0.4, 0.5) is 4.39 Å². The summed E-state index contributed by atoms with van der Waals surface area (Å²) in [5.41, 5.74) is 0.974. The maximum atomic E-state index is 13.3. The number of ether oxygens (including phenoxy) is 1. The summed E-state index contributed by atoms with van der Waals surface area (Å²) in [4.78, 5) is 11.2. The maximum Gasteiger partial charge on any atom is 0.163 e. The zero-order valence-corrected chi connectivity index (χ0v) is 8.56. The van der Waals surface area contributed by atoms with Gasteiger partial charge in [0.15, 0.2) is 5.78 Å². The summed E-state index contributed by atoms with van der Waals surface area (Å²) in [6.07, 6.45) is 0.566. The van der Waals surface area contributed by atoms with E-state index in [0.717, 1.165) is 0 Å². The van der Waals surface area contributed by atoms with Crippen LogP contribution in [-0.2, 0) is 6.42 Å². The molecule has 0 amide bonds. The number of halogens is 1. The minimum atomic E-state index is -0.325. The molecule has 14 heavy (non-hydrogen) atoms. The Bertz CT molecular complexity index is 359. The van der Waals surface area contributed by atoms with Crippen molar-refractivity contribution in [1.29, 1.82) is 0 Å². The van der Waals surface area contributed by atoms with E-state index in [0.29, 0.717) is 23.3 Å². The van der Waals surface area contributed by atoms with Gasteiger partial charge in [-0.15, -0.1) is 0 Å². The zero-order chi connectivity index (χ0) is 10.7.